The normalized spacial score (nSPS) is 17.6. The number of nitrogens with zero attached hydrogens (tertiary/aromatic N) is 3. The number of fused-ring (bicyclic) bond motifs is 1. The van der Waals surface area contributed by atoms with Crippen molar-refractivity contribution in [3.8, 4) is 11.1 Å². The molecular formula is C22H18BrN3O3S. The van der Waals surface area contributed by atoms with E-state index in [1.807, 2.05) is 30.3 Å². The fraction of sp³-hybridized carbons (Fsp3) is 0.182. The van der Waals surface area contributed by atoms with Gasteiger partial charge < -0.3 is 4.42 Å². The molecule has 0 amide bonds. The van der Waals surface area contributed by atoms with E-state index in [-0.39, 0.29) is 4.90 Å². The molecule has 1 atom stereocenters. The number of benzene rings is 2. The Morgan fingerprint density at radius 1 is 1.07 bits per heavy atom. The highest BCUT2D eigenvalue weighted by molar-refractivity contribution is 9.10. The van der Waals surface area contributed by atoms with Crippen LogP contribution in [0.15, 0.2) is 80.8 Å². The molecule has 0 radical (unpaired) electrons. The Labute approximate surface area is 182 Å². The smallest absolute Gasteiger partial charge is 0.243 e. The van der Waals surface area contributed by atoms with E-state index >= 15 is 0 Å². The Bertz CT molecular complexity index is 1300. The molecule has 5 rings (SSSR count). The Kier molecular flexibility index (Phi) is 4.92. The number of sulfonamides is 1. The molecule has 1 aliphatic rings. The summed E-state index contributed by atoms with van der Waals surface area (Å²) in [5.74, 6) is 0.437. The molecule has 1 fully saturated rings. The third-order valence-corrected chi connectivity index (χ3v) is 7.76. The van der Waals surface area contributed by atoms with Gasteiger partial charge in [-0.1, -0.05) is 28.1 Å². The van der Waals surface area contributed by atoms with E-state index in [2.05, 4.69) is 25.9 Å². The molecule has 1 saturated heterocycles. The van der Waals surface area contributed by atoms with Gasteiger partial charge in [-0.2, -0.15) is 4.31 Å². The predicted molar refractivity (Wildman–Crippen MR) is 117 cm³/mol. The molecule has 4 aromatic rings. The minimum atomic E-state index is -3.64. The maximum absolute atomic E-state index is 13.2. The Hall–Kier alpha value is -2.55. The summed E-state index contributed by atoms with van der Waals surface area (Å²) in [7, 11) is -3.64. The van der Waals surface area contributed by atoms with Gasteiger partial charge in [0.05, 0.1) is 4.90 Å². The average molecular weight is 484 g/mol. The fourth-order valence-electron chi connectivity index (χ4n) is 3.82. The monoisotopic (exact) mass is 483 g/mol. The van der Waals surface area contributed by atoms with Crippen molar-refractivity contribution in [3.63, 3.8) is 0 Å². The first-order chi connectivity index (χ1) is 14.5. The molecule has 0 saturated carbocycles. The van der Waals surface area contributed by atoms with E-state index in [0.717, 1.165) is 22.0 Å². The molecule has 0 aliphatic carbocycles. The first kappa shape index (κ1) is 19.4. The number of hydrogen-bond donors (Lipinski definition) is 0. The molecule has 8 heteroatoms. The van der Waals surface area contributed by atoms with E-state index in [0.29, 0.717) is 30.0 Å². The lowest BCUT2D eigenvalue weighted by Crippen LogP contribution is -2.30. The van der Waals surface area contributed by atoms with Crippen molar-refractivity contribution in [1.82, 2.24) is 14.3 Å². The van der Waals surface area contributed by atoms with Crippen LogP contribution in [0.25, 0.3) is 22.2 Å². The minimum Gasteiger partial charge on any atom is -0.439 e. The standard InChI is InChI=1S/C22H18BrN3O3S/c23-17-6-8-18(9-7-17)30(27,28)26-12-2-4-20(26)22-25-19-13-15(5-10-21(19)29-22)16-3-1-11-24-14-16/h1,3,5-11,13-14,20H,2,4,12H2. The second-order valence-electron chi connectivity index (χ2n) is 7.20. The maximum atomic E-state index is 13.2. The molecule has 1 unspecified atom stereocenters. The van der Waals surface area contributed by atoms with Gasteiger partial charge in [0, 0.05) is 29.0 Å². The first-order valence-corrected chi connectivity index (χ1v) is 11.8. The van der Waals surface area contributed by atoms with Crippen LogP contribution in [-0.2, 0) is 10.0 Å². The van der Waals surface area contributed by atoms with Crippen molar-refractivity contribution in [2.75, 3.05) is 6.54 Å². The third-order valence-electron chi connectivity index (χ3n) is 5.31. The van der Waals surface area contributed by atoms with Crippen LogP contribution in [0.4, 0.5) is 0 Å². The van der Waals surface area contributed by atoms with Crippen LogP contribution in [0.2, 0.25) is 0 Å². The van der Waals surface area contributed by atoms with Gasteiger partial charge in [0.15, 0.2) is 5.58 Å². The van der Waals surface area contributed by atoms with Crippen LogP contribution in [-0.4, -0.2) is 29.2 Å². The Morgan fingerprint density at radius 3 is 2.67 bits per heavy atom. The topological polar surface area (TPSA) is 76.3 Å². The lowest BCUT2D eigenvalue weighted by Gasteiger charge is -2.21. The molecule has 1 aliphatic heterocycles. The van der Waals surface area contributed by atoms with Gasteiger partial charge in [0.1, 0.15) is 11.6 Å². The van der Waals surface area contributed by atoms with E-state index in [4.69, 9.17) is 4.42 Å². The average Bonchev–Trinajstić information content (AvgIpc) is 3.41. The van der Waals surface area contributed by atoms with E-state index in [1.165, 1.54) is 4.31 Å². The number of rotatable bonds is 4. The summed E-state index contributed by atoms with van der Waals surface area (Å²) in [6.45, 7) is 0.447. The SMILES string of the molecule is O=S(=O)(c1ccc(Br)cc1)N1CCCC1c1nc2cc(-c3cccnc3)ccc2o1. The van der Waals surface area contributed by atoms with Crippen LogP contribution in [0.1, 0.15) is 24.8 Å². The molecule has 152 valence electrons. The van der Waals surface area contributed by atoms with Crippen molar-refractivity contribution >= 4 is 37.1 Å². The van der Waals surface area contributed by atoms with Crippen LogP contribution in [0.3, 0.4) is 0 Å². The Balaban J connectivity index is 1.50. The summed E-state index contributed by atoms with van der Waals surface area (Å²) in [5, 5.41) is 0. The van der Waals surface area contributed by atoms with E-state index in [9.17, 15) is 8.42 Å². The van der Waals surface area contributed by atoms with Crippen molar-refractivity contribution < 1.29 is 12.8 Å². The first-order valence-electron chi connectivity index (χ1n) is 9.61. The molecule has 6 nitrogen and oxygen atoms in total. The van der Waals surface area contributed by atoms with Gasteiger partial charge in [-0.25, -0.2) is 13.4 Å². The number of oxazole rings is 1. The Morgan fingerprint density at radius 2 is 1.90 bits per heavy atom. The van der Waals surface area contributed by atoms with Gasteiger partial charge >= 0.3 is 0 Å². The summed E-state index contributed by atoms with van der Waals surface area (Å²) in [5.41, 5.74) is 3.33. The van der Waals surface area contributed by atoms with Crippen LogP contribution < -0.4 is 0 Å². The largest absolute Gasteiger partial charge is 0.439 e. The van der Waals surface area contributed by atoms with Crippen LogP contribution in [0, 0.1) is 0 Å². The summed E-state index contributed by atoms with van der Waals surface area (Å²) >= 11 is 3.35. The zero-order valence-corrected chi connectivity index (χ0v) is 18.3. The lowest BCUT2D eigenvalue weighted by molar-refractivity contribution is 0.337. The van der Waals surface area contributed by atoms with E-state index in [1.54, 1.807) is 36.7 Å². The zero-order chi connectivity index (χ0) is 20.7. The van der Waals surface area contributed by atoms with Crippen molar-refractivity contribution in [3.05, 3.63) is 77.4 Å². The quantitative estimate of drug-likeness (QED) is 0.399. The van der Waals surface area contributed by atoms with Crippen LogP contribution in [0.5, 0.6) is 0 Å². The number of pyridine rings is 1. The van der Waals surface area contributed by atoms with E-state index < -0.39 is 16.1 Å². The second kappa shape index (κ2) is 7.61. The number of hydrogen-bond acceptors (Lipinski definition) is 5. The maximum Gasteiger partial charge on any atom is 0.243 e. The van der Waals surface area contributed by atoms with Gasteiger partial charge in [-0.05, 0) is 60.9 Å². The zero-order valence-electron chi connectivity index (χ0n) is 15.9. The van der Waals surface area contributed by atoms with Gasteiger partial charge in [-0.15, -0.1) is 0 Å². The summed E-state index contributed by atoms with van der Waals surface area (Å²) in [4.78, 5) is 9.08. The molecule has 0 bridgehead atoms. The molecule has 3 heterocycles. The summed E-state index contributed by atoms with van der Waals surface area (Å²) in [6, 6.07) is 15.9. The second-order valence-corrected chi connectivity index (χ2v) is 10.0. The highest BCUT2D eigenvalue weighted by atomic mass is 79.9. The van der Waals surface area contributed by atoms with Gasteiger partial charge in [0.2, 0.25) is 15.9 Å². The van der Waals surface area contributed by atoms with Gasteiger partial charge in [0.25, 0.3) is 0 Å². The molecular weight excluding hydrogens is 466 g/mol. The number of halogens is 1. The number of aromatic nitrogens is 2. The fourth-order valence-corrected chi connectivity index (χ4v) is 5.73. The minimum absolute atomic E-state index is 0.271. The summed E-state index contributed by atoms with van der Waals surface area (Å²) in [6.07, 6.45) is 4.97. The van der Waals surface area contributed by atoms with Crippen molar-refractivity contribution in [2.24, 2.45) is 0 Å². The molecule has 30 heavy (non-hydrogen) atoms. The molecule has 2 aromatic carbocycles. The highest BCUT2D eigenvalue weighted by Gasteiger charge is 2.39. The molecule has 0 N–H and O–H groups in total. The molecule has 2 aromatic heterocycles. The van der Waals surface area contributed by atoms with Crippen molar-refractivity contribution in [1.29, 1.82) is 0 Å². The molecule has 0 spiro atoms. The highest BCUT2D eigenvalue weighted by Crippen LogP contribution is 2.38. The predicted octanol–water partition coefficient (Wildman–Crippen LogP) is 5.18. The third kappa shape index (κ3) is 3.45. The van der Waals surface area contributed by atoms with Crippen LogP contribution >= 0.6 is 15.9 Å². The lowest BCUT2D eigenvalue weighted by atomic mass is 10.1. The summed E-state index contributed by atoms with van der Waals surface area (Å²) < 4.78 is 34.8. The van der Waals surface area contributed by atoms with Gasteiger partial charge in [-0.3, -0.25) is 4.98 Å². The van der Waals surface area contributed by atoms with Crippen molar-refractivity contribution in [2.45, 2.75) is 23.8 Å².